The number of methoxy groups -OCH3 is 2. The van der Waals surface area contributed by atoms with E-state index >= 15 is 0 Å². The second kappa shape index (κ2) is 11.1. The molecule has 0 unspecified atom stereocenters. The van der Waals surface area contributed by atoms with Gasteiger partial charge in [-0.1, -0.05) is 0 Å². The smallest absolute Gasteiger partial charge is 0.410 e. The third-order valence-corrected chi connectivity index (χ3v) is 6.45. The van der Waals surface area contributed by atoms with E-state index in [0.717, 1.165) is 11.1 Å². The Kier molecular flexibility index (Phi) is 8.10. The largest absolute Gasteiger partial charge is 0.497 e. The number of anilines is 1. The molecular weight excluding hydrogens is 546 g/mol. The van der Waals surface area contributed by atoms with Crippen LogP contribution in [0.15, 0.2) is 35.2 Å². The number of benzene rings is 1. The normalized spacial score (nSPS) is 18.1. The molecule has 200 valence electrons. The summed E-state index contributed by atoms with van der Waals surface area (Å²) in [5.41, 5.74) is 0.996. The number of fused-ring (bicyclic) bond motifs is 1. The zero-order valence-corrected chi connectivity index (χ0v) is 23.1. The Labute approximate surface area is 223 Å². The number of nitrogens with zero attached hydrogens (tertiary/aromatic N) is 4. The number of aliphatic hydroxyl groups excluding tert-OH is 1. The summed E-state index contributed by atoms with van der Waals surface area (Å²) in [5.74, 6) is 2.61. The topological polar surface area (TPSA) is 120 Å². The molecular formula is C25H32BrN5O6. The molecule has 2 N–H and O–H groups in total. The van der Waals surface area contributed by atoms with Crippen molar-refractivity contribution in [1.82, 2.24) is 19.3 Å². The molecule has 12 heteroatoms. The Morgan fingerprint density at radius 2 is 2.08 bits per heavy atom. The highest BCUT2D eigenvalue weighted by Crippen LogP contribution is 2.32. The Morgan fingerprint density at radius 1 is 1.30 bits per heavy atom. The van der Waals surface area contributed by atoms with Crippen molar-refractivity contribution in [3.63, 3.8) is 0 Å². The zero-order valence-electron chi connectivity index (χ0n) is 21.5. The molecule has 0 spiro atoms. The maximum atomic E-state index is 12.9. The Morgan fingerprint density at radius 3 is 2.76 bits per heavy atom. The molecule has 0 aliphatic carbocycles. The van der Waals surface area contributed by atoms with Gasteiger partial charge in [0.25, 0.3) is 0 Å². The molecule has 0 radical (unpaired) electrons. The van der Waals surface area contributed by atoms with Crippen LogP contribution < -0.4 is 14.8 Å². The SMILES string of the molecule is COc1ccc(CNc2nccn3c([C@H]4CN(C(=O)OC(C)(C)C)[C@H](CO)CO4)nc(Br)c23)c(OC)c1. The predicted octanol–water partition coefficient (Wildman–Crippen LogP) is 3.79. The third-order valence-electron chi connectivity index (χ3n) is 5.90. The number of rotatable bonds is 7. The Bertz CT molecular complexity index is 1260. The van der Waals surface area contributed by atoms with Crippen LogP contribution in [0.5, 0.6) is 11.5 Å². The lowest BCUT2D eigenvalue weighted by molar-refractivity contribution is -0.0845. The molecule has 0 bridgehead atoms. The van der Waals surface area contributed by atoms with Crippen LogP contribution in [0.1, 0.15) is 38.3 Å². The van der Waals surface area contributed by atoms with E-state index in [2.05, 4.69) is 26.2 Å². The highest BCUT2D eigenvalue weighted by molar-refractivity contribution is 9.10. The molecule has 4 rings (SSSR count). The van der Waals surface area contributed by atoms with Crippen molar-refractivity contribution in [2.45, 2.75) is 45.1 Å². The van der Waals surface area contributed by atoms with Gasteiger partial charge in [-0.3, -0.25) is 9.30 Å². The van der Waals surface area contributed by atoms with E-state index in [1.807, 2.05) is 22.6 Å². The number of halogens is 1. The number of nitrogens with one attached hydrogen (secondary N) is 1. The van der Waals surface area contributed by atoms with E-state index in [0.29, 0.717) is 34.3 Å². The van der Waals surface area contributed by atoms with Gasteiger partial charge in [0.05, 0.1) is 40.0 Å². The van der Waals surface area contributed by atoms with Crippen molar-refractivity contribution in [3.05, 3.63) is 46.6 Å². The van der Waals surface area contributed by atoms with Crippen molar-refractivity contribution >= 4 is 33.4 Å². The van der Waals surface area contributed by atoms with Gasteiger partial charge >= 0.3 is 6.09 Å². The standard InChI is InChI=1S/C25H32BrN5O6/c1-25(2,3)37-24(33)31-12-19(36-14-16(31)13-32)23-29-21(26)20-22(27-8-9-30(20)23)28-11-15-6-7-17(34-4)10-18(15)35-5/h6-10,16,19,32H,11-14H2,1-5H3,(H,27,28)/t16-,19-/m1/s1. The molecule has 1 aliphatic heterocycles. The lowest BCUT2D eigenvalue weighted by Crippen LogP contribution is -2.53. The molecule has 1 aromatic carbocycles. The molecule has 1 saturated heterocycles. The van der Waals surface area contributed by atoms with Gasteiger partial charge in [-0.2, -0.15) is 0 Å². The molecule has 37 heavy (non-hydrogen) atoms. The second-order valence-electron chi connectivity index (χ2n) is 9.58. The Hall–Kier alpha value is -3.09. The molecule has 3 heterocycles. The monoisotopic (exact) mass is 577 g/mol. The number of aromatic nitrogens is 3. The average Bonchev–Trinajstić information content (AvgIpc) is 3.22. The molecule has 1 aliphatic rings. The van der Waals surface area contributed by atoms with Crippen LogP contribution in [0.4, 0.5) is 10.6 Å². The number of hydrogen-bond acceptors (Lipinski definition) is 9. The predicted molar refractivity (Wildman–Crippen MR) is 140 cm³/mol. The van der Waals surface area contributed by atoms with Crippen LogP contribution in [0.3, 0.4) is 0 Å². The van der Waals surface area contributed by atoms with Gasteiger partial charge < -0.3 is 29.4 Å². The summed E-state index contributed by atoms with van der Waals surface area (Å²) < 4.78 is 24.8. The van der Waals surface area contributed by atoms with E-state index < -0.39 is 23.8 Å². The van der Waals surface area contributed by atoms with Gasteiger partial charge in [0, 0.05) is 30.6 Å². The van der Waals surface area contributed by atoms with Crippen LogP contribution in [0.2, 0.25) is 0 Å². The fraction of sp³-hybridized carbons (Fsp3) is 0.480. The van der Waals surface area contributed by atoms with Gasteiger partial charge in [-0.05, 0) is 48.8 Å². The minimum absolute atomic E-state index is 0.153. The highest BCUT2D eigenvalue weighted by atomic mass is 79.9. The summed E-state index contributed by atoms with van der Waals surface area (Å²) in [7, 11) is 3.22. The first-order chi connectivity index (χ1) is 17.6. The number of ether oxygens (including phenoxy) is 4. The van der Waals surface area contributed by atoms with E-state index in [1.54, 1.807) is 47.4 Å². The van der Waals surface area contributed by atoms with Crippen molar-refractivity contribution in [3.8, 4) is 11.5 Å². The van der Waals surface area contributed by atoms with Crippen LogP contribution in [0.25, 0.3) is 5.52 Å². The van der Waals surface area contributed by atoms with Gasteiger partial charge in [0.15, 0.2) is 5.82 Å². The number of carbonyl (C=O) groups is 1. The number of morpholine rings is 1. The summed E-state index contributed by atoms with van der Waals surface area (Å²) in [5, 5.41) is 13.2. The van der Waals surface area contributed by atoms with Crippen LogP contribution in [-0.4, -0.2) is 76.1 Å². The maximum absolute atomic E-state index is 12.9. The van der Waals surface area contributed by atoms with Crippen LogP contribution >= 0.6 is 15.9 Å². The van der Waals surface area contributed by atoms with E-state index in [-0.39, 0.29) is 19.8 Å². The van der Waals surface area contributed by atoms with Crippen LogP contribution in [0, 0.1) is 0 Å². The fourth-order valence-electron chi connectivity index (χ4n) is 4.10. The quantitative estimate of drug-likeness (QED) is 0.432. The van der Waals surface area contributed by atoms with Crippen molar-refractivity contribution < 1.29 is 28.8 Å². The summed E-state index contributed by atoms with van der Waals surface area (Å²) in [6.07, 6.45) is 2.42. The molecule has 3 aromatic rings. The highest BCUT2D eigenvalue weighted by Gasteiger charge is 2.37. The van der Waals surface area contributed by atoms with Crippen molar-refractivity contribution in [2.75, 3.05) is 39.3 Å². The first-order valence-corrected chi connectivity index (χ1v) is 12.6. The van der Waals surface area contributed by atoms with E-state index in [1.165, 1.54) is 4.90 Å². The summed E-state index contributed by atoms with van der Waals surface area (Å²) >= 11 is 3.56. The van der Waals surface area contributed by atoms with E-state index in [9.17, 15) is 9.90 Å². The molecule has 2 atom stereocenters. The average molecular weight is 578 g/mol. The number of imidazole rings is 1. The molecule has 11 nitrogen and oxygen atoms in total. The number of aliphatic hydroxyl groups is 1. The van der Waals surface area contributed by atoms with Gasteiger partial charge in [0.1, 0.15) is 39.1 Å². The fourth-order valence-corrected chi connectivity index (χ4v) is 4.66. The van der Waals surface area contributed by atoms with Gasteiger partial charge in [-0.15, -0.1) is 0 Å². The van der Waals surface area contributed by atoms with Gasteiger partial charge in [-0.25, -0.2) is 14.8 Å². The van der Waals surface area contributed by atoms with Gasteiger partial charge in [0.2, 0.25) is 0 Å². The number of amides is 1. The minimum atomic E-state index is -0.660. The maximum Gasteiger partial charge on any atom is 0.410 e. The molecule has 2 aromatic heterocycles. The third kappa shape index (κ3) is 5.91. The molecule has 1 fully saturated rings. The second-order valence-corrected chi connectivity index (χ2v) is 10.3. The first kappa shape index (κ1) is 27.0. The van der Waals surface area contributed by atoms with Crippen molar-refractivity contribution in [1.29, 1.82) is 0 Å². The van der Waals surface area contributed by atoms with Crippen molar-refractivity contribution in [2.24, 2.45) is 0 Å². The zero-order chi connectivity index (χ0) is 26.7. The Balaban J connectivity index is 1.59. The summed E-state index contributed by atoms with van der Waals surface area (Å²) in [6, 6.07) is 5.13. The summed E-state index contributed by atoms with van der Waals surface area (Å²) in [6.45, 7) is 5.97. The molecule has 0 saturated carbocycles. The molecule has 1 amide bonds. The first-order valence-electron chi connectivity index (χ1n) is 11.8. The number of carbonyl (C=O) groups excluding carboxylic acids is 1. The minimum Gasteiger partial charge on any atom is -0.497 e. The lowest BCUT2D eigenvalue weighted by Gasteiger charge is -2.38. The van der Waals surface area contributed by atoms with E-state index in [4.69, 9.17) is 23.9 Å². The lowest BCUT2D eigenvalue weighted by atomic mass is 10.1. The summed E-state index contributed by atoms with van der Waals surface area (Å²) in [4.78, 5) is 23.6. The number of hydrogen-bond donors (Lipinski definition) is 2. The van der Waals surface area contributed by atoms with Crippen LogP contribution in [-0.2, 0) is 16.0 Å².